The lowest BCUT2D eigenvalue weighted by molar-refractivity contribution is 0.0731. The van der Waals surface area contributed by atoms with Gasteiger partial charge in [-0.3, -0.25) is 9.89 Å². The van der Waals surface area contributed by atoms with Crippen LogP contribution < -0.4 is 0 Å². The molecule has 7 heteroatoms. The van der Waals surface area contributed by atoms with E-state index in [2.05, 4.69) is 34.2 Å². The van der Waals surface area contributed by atoms with Gasteiger partial charge in [-0.2, -0.15) is 5.10 Å². The molecule has 136 valence electrons. The van der Waals surface area contributed by atoms with Gasteiger partial charge in [-0.25, -0.2) is 4.98 Å². The molecule has 4 aromatic rings. The molecule has 1 fully saturated rings. The molecular formula is C20H19N5OS. The minimum Gasteiger partial charge on any atom is -0.340 e. The highest BCUT2D eigenvalue weighted by Gasteiger charge is 2.34. The lowest BCUT2D eigenvalue weighted by atomic mass is 10.1. The summed E-state index contributed by atoms with van der Waals surface area (Å²) in [7, 11) is 0. The lowest BCUT2D eigenvalue weighted by Gasteiger charge is -2.23. The monoisotopic (exact) mass is 377 g/mol. The summed E-state index contributed by atoms with van der Waals surface area (Å²) in [5, 5.41) is 9.11. The largest absolute Gasteiger partial charge is 0.340 e. The highest BCUT2D eigenvalue weighted by atomic mass is 32.1. The van der Waals surface area contributed by atoms with Crippen molar-refractivity contribution in [2.75, 3.05) is 6.54 Å². The number of imidazole rings is 1. The second-order valence-electron chi connectivity index (χ2n) is 6.94. The van der Waals surface area contributed by atoms with Gasteiger partial charge in [-0.15, -0.1) is 11.3 Å². The number of thiophene rings is 1. The van der Waals surface area contributed by atoms with E-state index in [1.807, 2.05) is 28.5 Å². The van der Waals surface area contributed by atoms with E-state index < -0.39 is 0 Å². The van der Waals surface area contributed by atoms with E-state index in [4.69, 9.17) is 4.98 Å². The quantitative estimate of drug-likeness (QED) is 0.559. The number of aromatic amines is 2. The number of aromatic nitrogens is 4. The Hall–Kier alpha value is -2.93. The Bertz CT molecular complexity index is 1110. The number of nitrogens with one attached hydrogen (secondary N) is 2. The molecule has 5 rings (SSSR count). The molecule has 1 aromatic carbocycles. The van der Waals surface area contributed by atoms with Crippen LogP contribution in [0.4, 0.5) is 0 Å². The summed E-state index contributed by atoms with van der Waals surface area (Å²) in [5.41, 5.74) is 4.57. The van der Waals surface area contributed by atoms with Crippen molar-refractivity contribution in [1.29, 1.82) is 0 Å². The number of aryl methyl sites for hydroxylation is 1. The van der Waals surface area contributed by atoms with Crippen LogP contribution in [0.2, 0.25) is 0 Å². The van der Waals surface area contributed by atoms with Crippen LogP contribution >= 0.6 is 11.3 Å². The molecule has 0 aliphatic carbocycles. The van der Waals surface area contributed by atoms with E-state index in [1.165, 1.54) is 5.56 Å². The van der Waals surface area contributed by atoms with Gasteiger partial charge in [-0.05, 0) is 48.9 Å². The second kappa shape index (κ2) is 6.35. The third-order valence-electron chi connectivity index (χ3n) is 5.12. The molecule has 1 aliphatic heterocycles. The van der Waals surface area contributed by atoms with Crippen LogP contribution in [0.15, 0.2) is 41.9 Å². The molecule has 4 heterocycles. The van der Waals surface area contributed by atoms with Gasteiger partial charge in [-0.1, -0.05) is 12.1 Å². The van der Waals surface area contributed by atoms with Crippen molar-refractivity contribution in [3.8, 4) is 10.6 Å². The molecule has 0 bridgehead atoms. The van der Waals surface area contributed by atoms with Gasteiger partial charge in [0.1, 0.15) is 5.82 Å². The number of fused-ring (bicyclic) bond motifs is 1. The van der Waals surface area contributed by atoms with Gasteiger partial charge in [0.25, 0.3) is 5.91 Å². The Morgan fingerprint density at radius 3 is 3.11 bits per heavy atom. The fourth-order valence-electron chi connectivity index (χ4n) is 3.81. The van der Waals surface area contributed by atoms with Crippen LogP contribution in [-0.4, -0.2) is 37.5 Å². The highest BCUT2D eigenvalue weighted by molar-refractivity contribution is 7.13. The number of amides is 1. The molecule has 1 atom stereocenters. The van der Waals surface area contributed by atoms with E-state index in [9.17, 15) is 4.79 Å². The topological polar surface area (TPSA) is 77.7 Å². The number of H-pyrrole nitrogens is 2. The van der Waals surface area contributed by atoms with Crippen molar-refractivity contribution in [1.82, 2.24) is 25.1 Å². The van der Waals surface area contributed by atoms with Gasteiger partial charge in [0.15, 0.2) is 0 Å². The van der Waals surface area contributed by atoms with Gasteiger partial charge >= 0.3 is 0 Å². The highest BCUT2D eigenvalue weighted by Crippen LogP contribution is 2.35. The van der Waals surface area contributed by atoms with Gasteiger partial charge in [0.2, 0.25) is 0 Å². The first kappa shape index (κ1) is 16.3. The maximum absolute atomic E-state index is 13.3. The number of hydrogen-bond acceptors (Lipinski definition) is 4. The average Bonchev–Trinajstić information content (AvgIpc) is 3.46. The zero-order valence-corrected chi connectivity index (χ0v) is 15.7. The number of carbonyl (C=O) groups is 1. The van der Waals surface area contributed by atoms with Crippen molar-refractivity contribution < 1.29 is 4.79 Å². The Kier molecular flexibility index (Phi) is 3.82. The van der Waals surface area contributed by atoms with Crippen LogP contribution in [-0.2, 0) is 0 Å². The Morgan fingerprint density at radius 1 is 1.33 bits per heavy atom. The van der Waals surface area contributed by atoms with Crippen molar-refractivity contribution in [2.45, 2.75) is 25.8 Å². The zero-order valence-electron chi connectivity index (χ0n) is 14.9. The molecule has 27 heavy (non-hydrogen) atoms. The zero-order chi connectivity index (χ0) is 18.4. The number of rotatable bonds is 3. The normalized spacial score (nSPS) is 17.1. The number of carbonyl (C=O) groups excluding carboxylic acids is 1. The SMILES string of the molecule is Cc1ccc2nc([C@@H]3CCCN3C(=O)c3cn[nH]c3-c3cccs3)[nH]c2c1. The lowest BCUT2D eigenvalue weighted by Crippen LogP contribution is -2.31. The smallest absolute Gasteiger partial charge is 0.258 e. The van der Waals surface area contributed by atoms with E-state index in [-0.39, 0.29) is 11.9 Å². The maximum Gasteiger partial charge on any atom is 0.258 e. The molecule has 0 spiro atoms. The molecule has 0 saturated carbocycles. The number of nitrogens with zero attached hydrogens (tertiary/aromatic N) is 3. The van der Waals surface area contributed by atoms with Crippen LogP contribution in [0, 0.1) is 6.92 Å². The molecule has 1 saturated heterocycles. The van der Waals surface area contributed by atoms with Gasteiger partial charge in [0.05, 0.1) is 39.4 Å². The van der Waals surface area contributed by atoms with Crippen LogP contribution in [0.1, 0.15) is 40.6 Å². The van der Waals surface area contributed by atoms with Crippen LogP contribution in [0.3, 0.4) is 0 Å². The Labute approximate surface area is 160 Å². The summed E-state index contributed by atoms with van der Waals surface area (Å²) in [4.78, 5) is 24.4. The van der Waals surface area contributed by atoms with Crippen molar-refractivity contribution in [2.24, 2.45) is 0 Å². The van der Waals surface area contributed by atoms with E-state index in [0.29, 0.717) is 5.56 Å². The Balaban J connectivity index is 1.49. The van der Waals surface area contributed by atoms with Crippen molar-refractivity contribution in [3.05, 3.63) is 58.9 Å². The molecule has 3 aromatic heterocycles. The summed E-state index contributed by atoms with van der Waals surface area (Å²) in [6, 6.07) is 10.1. The average molecular weight is 377 g/mol. The predicted molar refractivity (Wildman–Crippen MR) is 106 cm³/mol. The molecule has 6 nitrogen and oxygen atoms in total. The van der Waals surface area contributed by atoms with Gasteiger partial charge in [0, 0.05) is 6.54 Å². The van der Waals surface area contributed by atoms with Crippen LogP contribution in [0.25, 0.3) is 21.6 Å². The van der Waals surface area contributed by atoms with E-state index in [1.54, 1.807) is 17.5 Å². The first-order chi connectivity index (χ1) is 13.2. The van der Waals surface area contributed by atoms with Crippen molar-refractivity contribution in [3.63, 3.8) is 0 Å². The minimum atomic E-state index is -0.0312. The molecule has 0 unspecified atom stereocenters. The fraction of sp³-hybridized carbons (Fsp3) is 0.250. The molecule has 2 N–H and O–H groups in total. The van der Waals surface area contributed by atoms with E-state index in [0.717, 1.165) is 46.8 Å². The summed E-state index contributed by atoms with van der Waals surface area (Å²) in [6.07, 6.45) is 3.52. The number of likely N-dealkylation sites (tertiary alicyclic amines) is 1. The number of benzene rings is 1. The maximum atomic E-state index is 13.3. The first-order valence-corrected chi connectivity index (χ1v) is 9.93. The third kappa shape index (κ3) is 2.75. The standard InChI is InChI=1S/C20H19N5OS/c1-12-6-7-14-15(10-12)23-19(22-14)16-4-2-8-25(16)20(26)13-11-21-24-18(13)17-5-3-9-27-17/h3,5-7,9-11,16H,2,4,8H2,1H3,(H,21,24)(H,22,23)/t16-/m0/s1. The second-order valence-corrected chi connectivity index (χ2v) is 7.88. The van der Waals surface area contributed by atoms with Crippen LogP contribution in [0.5, 0.6) is 0 Å². The van der Waals surface area contributed by atoms with E-state index >= 15 is 0 Å². The molecule has 1 amide bonds. The third-order valence-corrected chi connectivity index (χ3v) is 6.01. The van der Waals surface area contributed by atoms with Gasteiger partial charge < -0.3 is 9.88 Å². The number of hydrogen-bond donors (Lipinski definition) is 2. The van der Waals surface area contributed by atoms with Crippen molar-refractivity contribution >= 4 is 28.3 Å². The summed E-state index contributed by atoms with van der Waals surface area (Å²) < 4.78 is 0. The summed E-state index contributed by atoms with van der Waals surface area (Å²) >= 11 is 1.60. The molecule has 0 radical (unpaired) electrons. The Morgan fingerprint density at radius 2 is 2.26 bits per heavy atom. The first-order valence-electron chi connectivity index (χ1n) is 9.05. The minimum absolute atomic E-state index is 0.00582. The predicted octanol–water partition coefficient (Wildman–Crippen LogP) is 4.30. The molecule has 1 aliphatic rings. The summed E-state index contributed by atoms with van der Waals surface area (Å²) in [5.74, 6) is 0.869. The molecular weight excluding hydrogens is 358 g/mol. The fourth-order valence-corrected chi connectivity index (χ4v) is 4.54. The summed E-state index contributed by atoms with van der Waals surface area (Å²) in [6.45, 7) is 2.80.